The minimum atomic E-state index is 0.388. The Bertz CT molecular complexity index is 777. The van der Waals surface area contributed by atoms with Gasteiger partial charge in [0.1, 0.15) is 9.79 Å². The van der Waals surface area contributed by atoms with Crippen molar-refractivity contribution < 1.29 is 0 Å². The van der Waals surface area contributed by atoms with E-state index in [-0.39, 0.29) is 0 Å². The molecule has 1 N–H and O–H groups in total. The van der Waals surface area contributed by atoms with E-state index in [1.807, 2.05) is 30.3 Å². The van der Waals surface area contributed by atoms with E-state index < -0.39 is 0 Å². The van der Waals surface area contributed by atoms with Gasteiger partial charge >= 0.3 is 0 Å². The van der Waals surface area contributed by atoms with Crippen LogP contribution in [0.2, 0.25) is 5.15 Å². The van der Waals surface area contributed by atoms with Gasteiger partial charge in [-0.15, -0.1) is 0 Å². The molecule has 2 heterocycles. The zero-order valence-corrected chi connectivity index (χ0v) is 10.8. The second-order valence-electron chi connectivity index (χ2n) is 3.81. The number of benzene rings is 1. The number of halogens is 1. The lowest BCUT2D eigenvalue weighted by Gasteiger charge is -2.06. The molecule has 3 nitrogen and oxygen atoms in total. The van der Waals surface area contributed by atoms with E-state index in [1.54, 1.807) is 12.3 Å². The van der Waals surface area contributed by atoms with Crippen LogP contribution < -0.4 is 0 Å². The molecule has 88 valence electrons. The van der Waals surface area contributed by atoms with Gasteiger partial charge in [-0.25, -0.2) is 0 Å². The predicted molar refractivity (Wildman–Crippen MR) is 75.2 cm³/mol. The summed E-state index contributed by atoms with van der Waals surface area (Å²) in [7, 11) is 0. The minimum absolute atomic E-state index is 0.388. The molecule has 18 heavy (non-hydrogen) atoms. The maximum atomic E-state index is 5.91. The van der Waals surface area contributed by atoms with Crippen LogP contribution in [-0.4, -0.2) is 15.2 Å². The average molecular weight is 274 g/mol. The van der Waals surface area contributed by atoms with Crippen LogP contribution in [0.3, 0.4) is 0 Å². The van der Waals surface area contributed by atoms with Crippen LogP contribution in [-0.2, 0) is 0 Å². The van der Waals surface area contributed by atoms with Crippen molar-refractivity contribution in [3.63, 3.8) is 0 Å². The Morgan fingerprint density at radius 3 is 2.89 bits per heavy atom. The van der Waals surface area contributed by atoms with Gasteiger partial charge in [0.05, 0.1) is 5.52 Å². The van der Waals surface area contributed by atoms with E-state index in [0.717, 1.165) is 22.0 Å². The van der Waals surface area contributed by atoms with Crippen LogP contribution in [0, 0.1) is 4.64 Å². The molecule has 0 atom stereocenters. The summed E-state index contributed by atoms with van der Waals surface area (Å²) in [5, 5.41) is 8.04. The Balaban J connectivity index is 2.38. The highest BCUT2D eigenvalue weighted by Gasteiger charge is 2.07. The van der Waals surface area contributed by atoms with Gasteiger partial charge in [-0.05, 0) is 23.8 Å². The van der Waals surface area contributed by atoms with Crippen LogP contribution >= 0.6 is 23.8 Å². The number of H-pyrrole nitrogens is 1. The third-order valence-electron chi connectivity index (χ3n) is 2.71. The molecule has 1 aromatic carbocycles. The lowest BCUT2D eigenvalue weighted by molar-refractivity contribution is 1.02. The molecule has 0 bridgehead atoms. The minimum Gasteiger partial charge on any atom is -0.266 e. The molecule has 0 aliphatic carbocycles. The Hall–Kier alpha value is -1.78. The summed E-state index contributed by atoms with van der Waals surface area (Å²) in [6, 6.07) is 11.6. The summed E-state index contributed by atoms with van der Waals surface area (Å²) in [6.45, 7) is 0. The molecular formula is C13H8ClN3S. The largest absolute Gasteiger partial charge is 0.266 e. The fourth-order valence-electron chi connectivity index (χ4n) is 1.92. The van der Waals surface area contributed by atoms with Crippen molar-refractivity contribution >= 4 is 34.7 Å². The molecule has 0 radical (unpaired) electrons. The molecule has 0 saturated carbocycles. The van der Waals surface area contributed by atoms with Crippen LogP contribution in [0.15, 0.2) is 42.6 Å². The normalized spacial score (nSPS) is 10.7. The standard InChI is InChI=1S/C13H8ClN3S/c14-12-7-10(13(18)17-16-12)8-3-1-5-11-9(8)4-2-6-15-11/h1-7H,(H,17,18). The molecule has 0 spiro atoms. The smallest absolute Gasteiger partial charge is 0.150 e. The molecule has 0 aliphatic heterocycles. The van der Waals surface area contributed by atoms with Crippen molar-refractivity contribution in [3.8, 4) is 11.1 Å². The van der Waals surface area contributed by atoms with Gasteiger partial charge < -0.3 is 0 Å². The maximum Gasteiger partial charge on any atom is 0.150 e. The molecule has 2 aromatic heterocycles. The first-order chi connectivity index (χ1) is 8.75. The van der Waals surface area contributed by atoms with Crippen LogP contribution in [0.4, 0.5) is 0 Å². The number of fused-ring (bicyclic) bond motifs is 1. The molecular weight excluding hydrogens is 266 g/mol. The van der Waals surface area contributed by atoms with Gasteiger partial charge in [-0.1, -0.05) is 42.0 Å². The van der Waals surface area contributed by atoms with Gasteiger partial charge in [0.2, 0.25) is 0 Å². The van der Waals surface area contributed by atoms with E-state index >= 15 is 0 Å². The van der Waals surface area contributed by atoms with Crippen molar-refractivity contribution in [2.24, 2.45) is 0 Å². The monoisotopic (exact) mass is 273 g/mol. The van der Waals surface area contributed by atoms with E-state index in [1.165, 1.54) is 0 Å². The number of aromatic amines is 1. The third kappa shape index (κ3) is 1.89. The summed E-state index contributed by atoms with van der Waals surface area (Å²) < 4.78 is 0.566. The second-order valence-corrected chi connectivity index (χ2v) is 4.60. The Morgan fingerprint density at radius 2 is 2.00 bits per heavy atom. The number of aromatic nitrogens is 3. The summed E-state index contributed by atoms with van der Waals surface area (Å²) in [4.78, 5) is 4.33. The SMILES string of the molecule is S=c1[nH]nc(Cl)cc1-c1cccc2ncccc12. The number of rotatable bonds is 1. The van der Waals surface area contributed by atoms with Gasteiger partial charge in [-0.2, -0.15) is 5.10 Å². The molecule has 0 unspecified atom stereocenters. The van der Waals surface area contributed by atoms with Gasteiger partial charge in [0.15, 0.2) is 0 Å². The van der Waals surface area contributed by atoms with Crippen molar-refractivity contribution in [2.75, 3.05) is 0 Å². The second kappa shape index (κ2) is 4.48. The zero-order chi connectivity index (χ0) is 12.5. The third-order valence-corrected chi connectivity index (χ3v) is 3.21. The fraction of sp³-hybridized carbons (Fsp3) is 0. The Labute approximate surface area is 113 Å². The Morgan fingerprint density at radius 1 is 1.11 bits per heavy atom. The molecule has 3 aromatic rings. The highest BCUT2D eigenvalue weighted by Crippen LogP contribution is 2.28. The van der Waals surface area contributed by atoms with E-state index in [4.69, 9.17) is 23.8 Å². The fourth-order valence-corrected chi connectivity index (χ4v) is 2.29. The topological polar surface area (TPSA) is 41.6 Å². The number of nitrogens with zero attached hydrogens (tertiary/aromatic N) is 2. The quantitative estimate of drug-likeness (QED) is 0.681. The van der Waals surface area contributed by atoms with Crippen LogP contribution in [0.5, 0.6) is 0 Å². The lowest BCUT2D eigenvalue weighted by atomic mass is 10.0. The van der Waals surface area contributed by atoms with E-state index in [2.05, 4.69) is 15.2 Å². The molecule has 3 rings (SSSR count). The summed E-state index contributed by atoms with van der Waals surface area (Å²) >= 11 is 11.2. The van der Waals surface area contributed by atoms with E-state index in [0.29, 0.717) is 9.79 Å². The van der Waals surface area contributed by atoms with Crippen LogP contribution in [0.1, 0.15) is 0 Å². The molecule has 5 heteroatoms. The van der Waals surface area contributed by atoms with Gasteiger partial charge in [-0.3, -0.25) is 10.1 Å². The Kier molecular flexibility index (Phi) is 2.81. The maximum absolute atomic E-state index is 5.91. The van der Waals surface area contributed by atoms with Crippen LogP contribution in [0.25, 0.3) is 22.0 Å². The highest BCUT2D eigenvalue weighted by molar-refractivity contribution is 7.71. The number of hydrogen-bond donors (Lipinski definition) is 1. The predicted octanol–water partition coefficient (Wildman–Crippen LogP) is 4.01. The zero-order valence-electron chi connectivity index (χ0n) is 9.22. The molecule has 0 fully saturated rings. The van der Waals surface area contributed by atoms with Crippen molar-refractivity contribution in [1.82, 2.24) is 15.2 Å². The summed E-state index contributed by atoms with van der Waals surface area (Å²) in [5.41, 5.74) is 2.80. The molecule has 0 aliphatic rings. The van der Waals surface area contributed by atoms with Crippen molar-refractivity contribution in [2.45, 2.75) is 0 Å². The summed E-state index contributed by atoms with van der Waals surface area (Å²) in [6.07, 6.45) is 1.77. The number of nitrogens with one attached hydrogen (secondary N) is 1. The van der Waals surface area contributed by atoms with Crippen molar-refractivity contribution in [3.05, 3.63) is 52.4 Å². The highest BCUT2D eigenvalue weighted by atomic mass is 35.5. The number of pyridine rings is 1. The summed E-state index contributed by atoms with van der Waals surface area (Å²) in [5.74, 6) is 0. The van der Waals surface area contributed by atoms with Gasteiger partial charge in [0.25, 0.3) is 0 Å². The van der Waals surface area contributed by atoms with E-state index in [9.17, 15) is 0 Å². The number of hydrogen-bond acceptors (Lipinski definition) is 3. The first-order valence-corrected chi connectivity index (χ1v) is 6.14. The molecule has 0 saturated heterocycles. The first kappa shape index (κ1) is 11.3. The average Bonchev–Trinajstić information content (AvgIpc) is 2.41. The lowest BCUT2D eigenvalue weighted by Crippen LogP contribution is -1.89. The molecule has 0 amide bonds. The van der Waals surface area contributed by atoms with Crippen molar-refractivity contribution in [1.29, 1.82) is 0 Å². The van der Waals surface area contributed by atoms with Gasteiger partial charge in [0, 0.05) is 17.1 Å². The first-order valence-electron chi connectivity index (χ1n) is 5.35.